The van der Waals surface area contributed by atoms with E-state index in [9.17, 15) is 4.79 Å². The third-order valence-electron chi connectivity index (χ3n) is 3.37. The summed E-state index contributed by atoms with van der Waals surface area (Å²) in [6.45, 7) is 6.52. The lowest BCUT2D eigenvalue weighted by Crippen LogP contribution is -2.40. The van der Waals surface area contributed by atoms with Gasteiger partial charge in [-0.3, -0.25) is 0 Å². The molecule has 1 amide bonds. The molecule has 1 aromatic rings. The Balaban J connectivity index is 2.02. The van der Waals surface area contributed by atoms with E-state index in [1.165, 1.54) is 5.56 Å². The highest BCUT2D eigenvalue weighted by molar-refractivity contribution is 9.10. The Kier molecular flexibility index (Phi) is 4.74. The number of carbonyl (C=O) groups is 1. The summed E-state index contributed by atoms with van der Waals surface area (Å²) in [4.78, 5) is 14.1. The quantitative estimate of drug-likeness (QED) is 0.799. The summed E-state index contributed by atoms with van der Waals surface area (Å²) in [5.74, 6) is 0. The van der Waals surface area contributed by atoms with E-state index in [1.807, 2.05) is 37.8 Å². The highest BCUT2D eigenvalue weighted by atomic mass is 79.9. The maximum atomic E-state index is 12.2. The van der Waals surface area contributed by atoms with E-state index in [2.05, 4.69) is 28.1 Å². The Morgan fingerprint density at radius 2 is 2.20 bits per heavy atom. The fraction of sp³-hybridized carbons (Fsp3) is 0.562. The minimum atomic E-state index is -0.431. The van der Waals surface area contributed by atoms with Crippen molar-refractivity contribution < 1.29 is 9.53 Å². The average molecular weight is 340 g/mol. The topological polar surface area (TPSA) is 29.5 Å². The number of nitrogens with zero attached hydrogens (tertiary/aromatic N) is 1. The first-order chi connectivity index (χ1) is 9.35. The van der Waals surface area contributed by atoms with Crippen LogP contribution in [0.4, 0.5) is 4.79 Å². The van der Waals surface area contributed by atoms with Gasteiger partial charge in [0, 0.05) is 17.1 Å². The Morgan fingerprint density at radius 3 is 2.85 bits per heavy atom. The summed E-state index contributed by atoms with van der Waals surface area (Å²) in [6.07, 6.45) is 2.80. The predicted molar refractivity (Wildman–Crippen MR) is 83.8 cm³/mol. The van der Waals surface area contributed by atoms with Gasteiger partial charge in [0.15, 0.2) is 0 Å². The molecule has 1 atom stereocenters. The second-order valence-corrected chi connectivity index (χ2v) is 7.22. The van der Waals surface area contributed by atoms with Crippen molar-refractivity contribution in [1.82, 2.24) is 4.90 Å². The summed E-state index contributed by atoms with van der Waals surface area (Å²) in [6, 6.07) is 8.52. The number of rotatable bonds is 2. The van der Waals surface area contributed by atoms with Crippen molar-refractivity contribution in [3.63, 3.8) is 0 Å². The van der Waals surface area contributed by atoms with Crippen LogP contribution in [-0.4, -0.2) is 29.2 Å². The fourth-order valence-corrected chi connectivity index (χ4v) is 2.99. The highest BCUT2D eigenvalue weighted by Crippen LogP contribution is 2.24. The van der Waals surface area contributed by atoms with E-state index >= 15 is 0 Å². The zero-order valence-electron chi connectivity index (χ0n) is 12.4. The van der Waals surface area contributed by atoms with Crippen molar-refractivity contribution in [1.29, 1.82) is 0 Å². The van der Waals surface area contributed by atoms with Crippen molar-refractivity contribution in [2.45, 2.75) is 51.7 Å². The van der Waals surface area contributed by atoms with Gasteiger partial charge in [0.25, 0.3) is 0 Å². The molecule has 0 aliphatic carbocycles. The first kappa shape index (κ1) is 15.4. The van der Waals surface area contributed by atoms with Gasteiger partial charge in [0.05, 0.1) is 0 Å². The largest absolute Gasteiger partial charge is 0.444 e. The van der Waals surface area contributed by atoms with Gasteiger partial charge in [-0.1, -0.05) is 28.1 Å². The lowest BCUT2D eigenvalue weighted by Gasteiger charge is -2.28. The molecule has 110 valence electrons. The van der Waals surface area contributed by atoms with Gasteiger partial charge < -0.3 is 9.64 Å². The summed E-state index contributed by atoms with van der Waals surface area (Å²) in [5, 5.41) is 0. The molecule has 0 bridgehead atoms. The third-order valence-corrected chi connectivity index (χ3v) is 3.86. The maximum absolute atomic E-state index is 12.2. The maximum Gasteiger partial charge on any atom is 0.410 e. The second kappa shape index (κ2) is 6.17. The normalized spacial score (nSPS) is 19.2. The van der Waals surface area contributed by atoms with Crippen molar-refractivity contribution in [3.8, 4) is 0 Å². The molecule has 0 aromatic heterocycles. The van der Waals surface area contributed by atoms with Crippen LogP contribution >= 0.6 is 15.9 Å². The Labute approximate surface area is 129 Å². The van der Waals surface area contributed by atoms with E-state index in [0.29, 0.717) is 0 Å². The molecule has 0 spiro atoms. The Morgan fingerprint density at radius 1 is 1.45 bits per heavy atom. The molecule has 0 saturated carbocycles. The van der Waals surface area contributed by atoms with Crippen molar-refractivity contribution in [3.05, 3.63) is 34.3 Å². The van der Waals surface area contributed by atoms with Crippen molar-refractivity contribution in [2.24, 2.45) is 0 Å². The van der Waals surface area contributed by atoms with E-state index in [-0.39, 0.29) is 12.1 Å². The monoisotopic (exact) mass is 339 g/mol. The average Bonchev–Trinajstić information content (AvgIpc) is 2.75. The van der Waals surface area contributed by atoms with Crippen LogP contribution in [0.2, 0.25) is 0 Å². The minimum absolute atomic E-state index is 0.185. The van der Waals surface area contributed by atoms with Gasteiger partial charge in [0.1, 0.15) is 5.60 Å². The molecule has 1 fully saturated rings. The number of amides is 1. The van der Waals surface area contributed by atoms with Gasteiger partial charge in [-0.25, -0.2) is 4.79 Å². The Bertz CT molecular complexity index is 482. The molecule has 1 aromatic carbocycles. The molecule has 4 heteroatoms. The first-order valence-electron chi connectivity index (χ1n) is 7.09. The number of ether oxygens (including phenoxy) is 1. The summed E-state index contributed by atoms with van der Waals surface area (Å²) < 4.78 is 6.57. The third kappa shape index (κ3) is 4.23. The van der Waals surface area contributed by atoms with Gasteiger partial charge >= 0.3 is 6.09 Å². The zero-order valence-corrected chi connectivity index (χ0v) is 13.9. The SMILES string of the molecule is CC(C)(C)OC(=O)N1CCCC1Cc1cccc(Br)c1. The lowest BCUT2D eigenvalue weighted by atomic mass is 10.0. The van der Waals surface area contributed by atoms with Crippen LogP contribution in [0.25, 0.3) is 0 Å². The van der Waals surface area contributed by atoms with E-state index in [4.69, 9.17) is 4.74 Å². The van der Waals surface area contributed by atoms with Crippen molar-refractivity contribution in [2.75, 3.05) is 6.54 Å². The van der Waals surface area contributed by atoms with Gasteiger partial charge in [0.2, 0.25) is 0 Å². The minimum Gasteiger partial charge on any atom is -0.444 e. The lowest BCUT2D eigenvalue weighted by molar-refractivity contribution is 0.0227. The van der Waals surface area contributed by atoms with Crippen LogP contribution in [-0.2, 0) is 11.2 Å². The number of carbonyl (C=O) groups excluding carboxylic acids is 1. The summed E-state index contributed by atoms with van der Waals surface area (Å²) in [7, 11) is 0. The van der Waals surface area contributed by atoms with Crippen LogP contribution in [0.5, 0.6) is 0 Å². The van der Waals surface area contributed by atoms with Gasteiger partial charge in [-0.05, 0) is 57.7 Å². The van der Waals surface area contributed by atoms with Crippen LogP contribution in [0, 0.1) is 0 Å². The fourth-order valence-electron chi connectivity index (χ4n) is 2.54. The standard InChI is InChI=1S/C16H22BrNO2/c1-16(2,3)20-15(19)18-9-5-8-14(18)11-12-6-4-7-13(17)10-12/h4,6-7,10,14H,5,8-9,11H2,1-3H3. The Hall–Kier alpha value is -1.03. The zero-order chi connectivity index (χ0) is 14.8. The van der Waals surface area contributed by atoms with Crippen LogP contribution < -0.4 is 0 Å². The van der Waals surface area contributed by atoms with Crippen molar-refractivity contribution >= 4 is 22.0 Å². The van der Waals surface area contributed by atoms with E-state index in [0.717, 1.165) is 30.3 Å². The smallest absolute Gasteiger partial charge is 0.410 e. The van der Waals surface area contributed by atoms with E-state index < -0.39 is 5.60 Å². The molecule has 1 aliphatic rings. The molecular formula is C16H22BrNO2. The molecule has 1 aliphatic heterocycles. The molecule has 1 unspecified atom stereocenters. The number of benzene rings is 1. The van der Waals surface area contributed by atoms with Gasteiger partial charge in [-0.2, -0.15) is 0 Å². The van der Waals surface area contributed by atoms with Gasteiger partial charge in [-0.15, -0.1) is 0 Å². The van der Waals surface area contributed by atoms with E-state index in [1.54, 1.807) is 0 Å². The predicted octanol–water partition coefficient (Wildman–Crippen LogP) is 4.39. The molecule has 0 N–H and O–H groups in total. The summed E-state index contributed by atoms with van der Waals surface area (Å²) >= 11 is 3.49. The highest BCUT2D eigenvalue weighted by Gasteiger charge is 2.32. The molecule has 3 nitrogen and oxygen atoms in total. The molecule has 1 heterocycles. The number of hydrogen-bond donors (Lipinski definition) is 0. The van der Waals surface area contributed by atoms with Crippen LogP contribution in [0.15, 0.2) is 28.7 Å². The van der Waals surface area contributed by atoms with Crippen LogP contribution in [0.1, 0.15) is 39.2 Å². The number of likely N-dealkylation sites (tertiary alicyclic amines) is 1. The molecule has 20 heavy (non-hydrogen) atoms. The molecule has 0 radical (unpaired) electrons. The second-order valence-electron chi connectivity index (χ2n) is 6.30. The molecule has 1 saturated heterocycles. The molecular weight excluding hydrogens is 318 g/mol. The van der Waals surface area contributed by atoms with Crippen LogP contribution in [0.3, 0.4) is 0 Å². The summed E-state index contributed by atoms with van der Waals surface area (Å²) in [5.41, 5.74) is 0.819. The molecule has 2 rings (SSSR count). The number of halogens is 1. The first-order valence-corrected chi connectivity index (χ1v) is 7.88. The number of hydrogen-bond acceptors (Lipinski definition) is 2.